The number of rotatable bonds is 9. The number of halogens is 1. The van der Waals surface area contributed by atoms with Crippen molar-refractivity contribution in [3.05, 3.63) is 68.0 Å². The molecule has 0 radical (unpaired) electrons. The van der Waals surface area contributed by atoms with Crippen molar-refractivity contribution >= 4 is 21.6 Å². The lowest BCUT2D eigenvalue weighted by atomic mass is 10.1. The second kappa shape index (κ2) is 9.13. The topological polar surface area (TPSA) is 110 Å². The molecule has 0 saturated heterocycles. The Kier molecular flexibility index (Phi) is 7.15. The smallest absolute Gasteiger partial charge is 0.330 e. The van der Waals surface area contributed by atoms with E-state index in [1.54, 1.807) is 31.2 Å². The van der Waals surface area contributed by atoms with Crippen LogP contribution in [0.2, 0.25) is 5.02 Å². The van der Waals surface area contributed by atoms with Gasteiger partial charge in [0.05, 0.1) is 5.75 Å². The van der Waals surface area contributed by atoms with E-state index in [4.69, 9.17) is 16.3 Å². The minimum absolute atomic E-state index is 0.0703. The lowest BCUT2D eigenvalue weighted by Crippen LogP contribution is -2.30. The molecule has 8 nitrogen and oxygen atoms in total. The third-order valence-electron chi connectivity index (χ3n) is 3.56. The maximum absolute atomic E-state index is 12.1. The van der Waals surface area contributed by atoms with E-state index in [2.05, 4.69) is 9.71 Å². The highest BCUT2D eigenvalue weighted by Crippen LogP contribution is 2.22. The van der Waals surface area contributed by atoms with Gasteiger partial charge in [-0.3, -0.25) is 14.3 Å². The standard InChI is InChI=1S/C16H20ClN3O5S/c1-12(13-5-2-3-6-14(13)17)19-26(23,24)10-4-9-25-11-20-8-7-15(21)18-16(20)22/h2-3,5-8,12,19H,4,9-11H2,1H3,(H,18,21,22)/t12-/m1/s1. The quantitative estimate of drug-likeness (QED) is 0.614. The fraction of sp³-hybridized carbons (Fsp3) is 0.375. The van der Waals surface area contributed by atoms with Gasteiger partial charge in [0.1, 0.15) is 6.73 Å². The van der Waals surface area contributed by atoms with Gasteiger partial charge in [0.25, 0.3) is 5.56 Å². The second-order valence-corrected chi connectivity index (χ2v) is 7.93. The molecule has 0 spiro atoms. The highest BCUT2D eigenvalue weighted by Gasteiger charge is 2.17. The number of hydrogen-bond acceptors (Lipinski definition) is 5. The van der Waals surface area contributed by atoms with Crippen LogP contribution in [0.25, 0.3) is 0 Å². The van der Waals surface area contributed by atoms with Crippen LogP contribution in [0.1, 0.15) is 24.9 Å². The molecule has 1 atom stereocenters. The molecule has 0 bridgehead atoms. The van der Waals surface area contributed by atoms with Crippen LogP contribution in [0.3, 0.4) is 0 Å². The summed E-state index contributed by atoms with van der Waals surface area (Å²) in [5.41, 5.74) is -0.372. The molecule has 2 rings (SSSR count). The number of aromatic nitrogens is 2. The van der Waals surface area contributed by atoms with Crippen LogP contribution >= 0.6 is 11.6 Å². The number of ether oxygens (including phenoxy) is 1. The van der Waals surface area contributed by atoms with Gasteiger partial charge in [-0.15, -0.1) is 0 Å². The largest absolute Gasteiger partial charge is 0.361 e. The molecule has 26 heavy (non-hydrogen) atoms. The van der Waals surface area contributed by atoms with Crippen LogP contribution < -0.4 is 16.0 Å². The van der Waals surface area contributed by atoms with Crippen molar-refractivity contribution < 1.29 is 13.2 Å². The molecule has 0 amide bonds. The molecule has 2 N–H and O–H groups in total. The number of sulfonamides is 1. The van der Waals surface area contributed by atoms with E-state index >= 15 is 0 Å². The molecular formula is C16H20ClN3O5S. The van der Waals surface area contributed by atoms with Crippen LogP contribution in [-0.2, 0) is 21.5 Å². The monoisotopic (exact) mass is 401 g/mol. The first-order valence-electron chi connectivity index (χ1n) is 7.90. The molecule has 0 aliphatic carbocycles. The van der Waals surface area contributed by atoms with Gasteiger partial charge < -0.3 is 4.74 Å². The summed E-state index contributed by atoms with van der Waals surface area (Å²) in [6.45, 7) is 1.80. The number of aromatic amines is 1. The lowest BCUT2D eigenvalue weighted by Gasteiger charge is -2.16. The highest BCUT2D eigenvalue weighted by atomic mass is 35.5. The Morgan fingerprint density at radius 3 is 2.69 bits per heavy atom. The maximum Gasteiger partial charge on any atom is 0.330 e. The van der Waals surface area contributed by atoms with E-state index in [1.165, 1.54) is 16.8 Å². The molecule has 1 aromatic heterocycles. The van der Waals surface area contributed by atoms with Gasteiger partial charge in [-0.2, -0.15) is 0 Å². The summed E-state index contributed by atoms with van der Waals surface area (Å²) >= 11 is 6.07. The summed E-state index contributed by atoms with van der Waals surface area (Å²) in [5.74, 6) is -0.123. The highest BCUT2D eigenvalue weighted by molar-refractivity contribution is 7.89. The van der Waals surface area contributed by atoms with E-state index in [9.17, 15) is 18.0 Å². The first-order chi connectivity index (χ1) is 12.3. The first kappa shape index (κ1) is 20.4. The van der Waals surface area contributed by atoms with Crippen molar-refractivity contribution in [1.29, 1.82) is 0 Å². The van der Waals surface area contributed by atoms with Crippen molar-refractivity contribution in [2.45, 2.75) is 26.1 Å². The van der Waals surface area contributed by atoms with Gasteiger partial charge in [-0.05, 0) is 25.0 Å². The molecule has 2 aromatic rings. The average Bonchev–Trinajstić information content (AvgIpc) is 2.56. The van der Waals surface area contributed by atoms with Gasteiger partial charge in [0.2, 0.25) is 10.0 Å². The fourth-order valence-corrected chi connectivity index (χ4v) is 3.86. The van der Waals surface area contributed by atoms with E-state index in [0.717, 1.165) is 0 Å². The Morgan fingerprint density at radius 2 is 2.00 bits per heavy atom. The SMILES string of the molecule is C[C@@H](NS(=O)(=O)CCCOCn1ccc(=O)[nH]c1=O)c1ccccc1Cl. The number of nitrogens with zero attached hydrogens (tertiary/aromatic N) is 1. The number of nitrogens with one attached hydrogen (secondary N) is 2. The molecule has 0 fully saturated rings. The van der Waals surface area contributed by atoms with Gasteiger partial charge in [0, 0.05) is 29.9 Å². The predicted molar refractivity (Wildman–Crippen MR) is 98.7 cm³/mol. The molecule has 1 heterocycles. The zero-order valence-electron chi connectivity index (χ0n) is 14.1. The van der Waals surface area contributed by atoms with Crippen molar-refractivity contribution in [2.75, 3.05) is 12.4 Å². The zero-order valence-corrected chi connectivity index (χ0v) is 15.7. The number of benzene rings is 1. The Morgan fingerprint density at radius 1 is 1.27 bits per heavy atom. The lowest BCUT2D eigenvalue weighted by molar-refractivity contribution is 0.0744. The van der Waals surface area contributed by atoms with Crippen LogP contribution in [-0.4, -0.2) is 30.3 Å². The van der Waals surface area contributed by atoms with Gasteiger partial charge >= 0.3 is 5.69 Å². The van der Waals surface area contributed by atoms with Gasteiger partial charge in [0.15, 0.2) is 0 Å². The van der Waals surface area contributed by atoms with E-state index < -0.39 is 27.3 Å². The van der Waals surface area contributed by atoms with Crippen molar-refractivity contribution in [1.82, 2.24) is 14.3 Å². The Bertz CT molecular complexity index is 955. The van der Waals surface area contributed by atoms with E-state index in [1.807, 2.05) is 0 Å². The van der Waals surface area contributed by atoms with Crippen LogP contribution in [0.4, 0.5) is 0 Å². The van der Waals surface area contributed by atoms with Gasteiger partial charge in [-0.25, -0.2) is 17.9 Å². The first-order valence-corrected chi connectivity index (χ1v) is 9.93. The Labute approximate surface area is 155 Å². The second-order valence-electron chi connectivity index (χ2n) is 5.65. The minimum atomic E-state index is -3.51. The zero-order chi connectivity index (χ0) is 19.2. The predicted octanol–water partition coefficient (Wildman–Crippen LogP) is 1.23. The Balaban J connectivity index is 1.78. The van der Waals surface area contributed by atoms with Crippen LogP contribution in [0, 0.1) is 0 Å². The summed E-state index contributed by atoms with van der Waals surface area (Å²) < 4.78 is 33.3. The van der Waals surface area contributed by atoms with Crippen molar-refractivity contribution in [3.8, 4) is 0 Å². The molecular weight excluding hydrogens is 382 g/mol. The molecule has 1 aromatic carbocycles. The van der Waals surface area contributed by atoms with E-state index in [-0.39, 0.29) is 25.5 Å². The maximum atomic E-state index is 12.1. The summed E-state index contributed by atoms with van der Waals surface area (Å²) in [7, 11) is -3.51. The van der Waals surface area contributed by atoms with Gasteiger partial charge in [-0.1, -0.05) is 29.8 Å². The molecule has 0 aliphatic rings. The average molecular weight is 402 g/mol. The third kappa shape index (κ3) is 6.10. The molecule has 0 saturated carbocycles. The van der Waals surface area contributed by atoms with E-state index in [0.29, 0.717) is 10.6 Å². The Hall–Kier alpha value is -1.94. The summed E-state index contributed by atoms with van der Waals surface area (Å²) in [5, 5.41) is 0.498. The number of hydrogen-bond donors (Lipinski definition) is 2. The minimum Gasteiger partial charge on any atom is -0.361 e. The molecule has 142 valence electrons. The third-order valence-corrected chi connectivity index (χ3v) is 5.44. The summed E-state index contributed by atoms with van der Waals surface area (Å²) in [6.07, 6.45) is 1.56. The molecule has 0 aliphatic heterocycles. The normalized spacial score (nSPS) is 12.8. The molecule has 0 unspecified atom stereocenters. The van der Waals surface area contributed by atoms with Crippen LogP contribution in [0.5, 0.6) is 0 Å². The molecule has 10 heteroatoms. The number of H-pyrrole nitrogens is 1. The summed E-state index contributed by atoms with van der Waals surface area (Å²) in [6, 6.07) is 7.79. The summed E-state index contributed by atoms with van der Waals surface area (Å²) in [4.78, 5) is 24.5. The van der Waals surface area contributed by atoms with Crippen molar-refractivity contribution in [3.63, 3.8) is 0 Å². The fourth-order valence-electron chi connectivity index (χ4n) is 2.28. The van der Waals surface area contributed by atoms with Crippen molar-refractivity contribution in [2.24, 2.45) is 0 Å². The van der Waals surface area contributed by atoms with Crippen LogP contribution in [0.15, 0.2) is 46.1 Å².